The van der Waals surface area contributed by atoms with Crippen molar-refractivity contribution in [3.63, 3.8) is 0 Å². The zero-order valence-electron chi connectivity index (χ0n) is 21.5. The first-order valence-electron chi connectivity index (χ1n) is 13.5. The van der Waals surface area contributed by atoms with Crippen LogP contribution in [0.2, 0.25) is 5.02 Å². The van der Waals surface area contributed by atoms with Gasteiger partial charge in [-0.05, 0) is 26.7 Å². The van der Waals surface area contributed by atoms with E-state index in [1.54, 1.807) is 4.68 Å². The van der Waals surface area contributed by atoms with E-state index in [1.807, 2.05) is 20.8 Å². The minimum Gasteiger partial charge on any atom is -0.354 e. The molecule has 1 unspecified atom stereocenters. The third-order valence-electron chi connectivity index (χ3n) is 6.55. The molecule has 0 spiro atoms. The average Bonchev–Trinajstić information content (AvgIpc) is 3.03. The SMILES string of the molecule is CCCCCCCCCCCCCCCCCCNC(=O)C(CC)n1nc(C)c(Cl)c1C. The molecule has 32 heavy (non-hydrogen) atoms. The van der Waals surface area contributed by atoms with Crippen molar-refractivity contribution in [2.45, 2.75) is 143 Å². The molecule has 0 radical (unpaired) electrons. The van der Waals surface area contributed by atoms with Crippen molar-refractivity contribution in [2.75, 3.05) is 6.54 Å². The highest BCUT2D eigenvalue weighted by Crippen LogP contribution is 2.23. The summed E-state index contributed by atoms with van der Waals surface area (Å²) in [6.07, 6.45) is 22.5. The van der Waals surface area contributed by atoms with Crippen LogP contribution in [0.25, 0.3) is 0 Å². The fourth-order valence-electron chi connectivity index (χ4n) is 4.42. The molecular formula is C27H50ClN3O. The summed E-state index contributed by atoms with van der Waals surface area (Å²) in [4.78, 5) is 12.6. The van der Waals surface area contributed by atoms with Crippen molar-refractivity contribution in [2.24, 2.45) is 0 Å². The Labute approximate surface area is 203 Å². The predicted octanol–water partition coefficient (Wildman–Crippen LogP) is 8.48. The van der Waals surface area contributed by atoms with E-state index in [0.29, 0.717) is 11.4 Å². The van der Waals surface area contributed by atoms with E-state index in [0.717, 1.165) is 24.4 Å². The fraction of sp³-hybridized carbons (Fsp3) is 0.852. The number of halogens is 1. The number of carbonyl (C=O) groups is 1. The van der Waals surface area contributed by atoms with E-state index in [4.69, 9.17) is 11.6 Å². The van der Waals surface area contributed by atoms with Crippen LogP contribution in [0.1, 0.15) is 140 Å². The molecule has 1 aromatic heterocycles. The standard InChI is InChI=1S/C27H50ClN3O/c1-5-7-8-9-10-11-12-13-14-15-16-17-18-19-20-21-22-29-27(32)25(6-2)31-24(4)26(28)23(3)30-31/h25H,5-22H2,1-4H3,(H,29,32). The predicted molar refractivity (Wildman–Crippen MR) is 139 cm³/mol. The number of aromatic nitrogens is 2. The minimum absolute atomic E-state index is 0.0516. The van der Waals surface area contributed by atoms with Gasteiger partial charge < -0.3 is 5.32 Å². The molecule has 0 bridgehead atoms. The zero-order valence-corrected chi connectivity index (χ0v) is 22.2. The summed E-state index contributed by atoms with van der Waals surface area (Å²) < 4.78 is 1.78. The molecule has 0 fully saturated rings. The number of aryl methyl sites for hydroxylation is 1. The lowest BCUT2D eigenvalue weighted by Gasteiger charge is -2.17. The van der Waals surface area contributed by atoms with E-state index < -0.39 is 0 Å². The second kappa shape index (κ2) is 18.4. The van der Waals surface area contributed by atoms with Gasteiger partial charge in [-0.15, -0.1) is 0 Å². The van der Waals surface area contributed by atoms with E-state index >= 15 is 0 Å². The Kier molecular flexibility index (Phi) is 16.7. The lowest BCUT2D eigenvalue weighted by Crippen LogP contribution is -2.34. The maximum Gasteiger partial charge on any atom is 0.244 e. The average molecular weight is 468 g/mol. The number of nitrogens with zero attached hydrogens (tertiary/aromatic N) is 2. The summed E-state index contributed by atoms with van der Waals surface area (Å²) in [6, 6.07) is -0.276. The third kappa shape index (κ3) is 11.7. The summed E-state index contributed by atoms with van der Waals surface area (Å²) in [5.74, 6) is 0.0516. The molecule has 0 aromatic carbocycles. The molecule has 4 nitrogen and oxygen atoms in total. The van der Waals surface area contributed by atoms with Crippen LogP contribution in [0.4, 0.5) is 0 Å². The Morgan fingerprint density at radius 3 is 1.62 bits per heavy atom. The van der Waals surface area contributed by atoms with Crippen molar-refractivity contribution in [1.29, 1.82) is 0 Å². The Hall–Kier alpha value is -1.03. The van der Waals surface area contributed by atoms with Crippen molar-refractivity contribution in [3.8, 4) is 0 Å². The van der Waals surface area contributed by atoms with Gasteiger partial charge in [-0.25, -0.2) is 0 Å². The number of unbranched alkanes of at least 4 members (excludes halogenated alkanes) is 15. The first kappa shape index (κ1) is 29.0. The lowest BCUT2D eigenvalue weighted by atomic mass is 10.0. The van der Waals surface area contributed by atoms with E-state index in [1.165, 1.54) is 96.3 Å². The number of hydrogen-bond acceptors (Lipinski definition) is 2. The maximum absolute atomic E-state index is 12.6. The van der Waals surface area contributed by atoms with Gasteiger partial charge in [0.25, 0.3) is 0 Å². The van der Waals surface area contributed by atoms with Gasteiger partial charge in [0.1, 0.15) is 6.04 Å². The first-order valence-corrected chi connectivity index (χ1v) is 13.9. The Morgan fingerprint density at radius 2 is 1.25 bits per heavy atom. The summed E-state index contributed by atoms with van der Waals surface area (Å²) >= 11 is 6.24. The molecule has 1 rings (SSSR count). The van der Waals surface area contributed by atoms with Crippen molar-refractivity contribution < 1.29 is 4.79 Å². The largest absolute Gasteiger partial charge is 0.354 e. The van der Waals surface area contributed by atoms with Crippen LogP contribution in [0.15, 0.2) is 0 Å². The van der Waals surface area contributed by atoms with Crippen LogP contribution < -0.4 is 5.32 Å². The molecule has 0 aliphatic carbocycles. The van der Waals surface area contributed by atoms with Gasteiger partial charge in [0, 0.05) is 6.54 Å². The van der Waals surface area contributed by atoms with Crippen molar-refractivity contribution in [1.82, 2.24) is 15.1 Å². The van der Waals surface area contributed by atoms with Gasteiger partial charge in [-0.3, -0.25) is 9.48 Å². The third-order valence-corrected chi connectivity index (χ3v) is 7.10. The fourth-order valence-corrected chi connectivity index (χ4v) is 4.54. The van der Waals surface area contributed by atoms with Gasteiger partial charge in [0.15, 0.2) is 0 Å². The molecule has 0 aliphatic rings. The summed E-state index contributed by atoms with van der Waals surface area (Å²) in [5.41, 5.74) is 1.65. The molecule has 1 N–H and O–H groups in total. The van der Waals surface area contributed by atoms with Crippen LogP contribution in [-0.4, -0.2) is 22.2 Å². The first-order chi connectivity index (χ1) is 15.5. The summed E-state index contributed by atoms with van der Waals surface area (Å²) in [7, 11) is 0. The van der Waals surface area contributed by atoms with E-state index in [-0.39, 0.29) is 11.9 Å². The smallest absolute Gasteiger partial charge is 0.244 e. The molecule has 0 aliphatic heterocycles. The number of hydrogen-bond donors (Lipinski definition) is 1. The molecule has 5 heteroatoms. The molecule has 1 aromatic rings. The van der Waals surface area contributed by atoms with Gasteiger partial charge in [0.05, 0.1) is 16.4 Å². The summed E-state index contributed by atoms with van der Waals surface area (Å²) in [5, 5.41) is 8.21. The molecule has 0 saturated carbocycles. The maximum atomic E-state index is 12.6. The van der Waals surface area contributed by atoms with Crippen LogP contribution in [0.3, 0.4) is 0 Å². The van der Waals surface area contributed by atoms with Crippen LogP contribution in [-0.2, 0) is 4.79 Å². The molecule has 1 heterocycles. The second-order valence-corrected chi connectivity index (χ2v) is 9.83. The van der Waals surface area contributed by atoms with Crippen molar-refractivity contribution in [3.05, 3.63) is 16.4 Å². The monoisotopic (exact) mass is 467 g/mol. The van der Waals surface area contributed by atoms with Gasteiger partial charge in [-0.2, -0.15) is 5.10 Å². The second-order valence-electron chi connectivity index (χ2n) is 9.45. The van der Waals surface area contributed by atoms with Gasteiger partial charge >= 0.3 is 0 Å². The number of amides is 1. The Bertz CT molecular complexity index is 614. The number of carbonyl (C=O) groups excluding carboxylic acids is 1. The topological polar surface area (TPSA) is 46.9 Å². The molecule has 1 amide bonds. The molecule has 0 saturated heterocycles. The summed E-state index contributed by atoms with van der Waals surface area (Å²) in [6.45, 7) is 8.86. The number of rotatable bonds is 20. The minimum atomic E-state index is -0.276. The van der Waals surface area contributed by atoms with Crippen LogP contribution >= 0.6 is 11.6 Å². The highest BCUT2D eigenvalue weighted by atomic mass is 35.5. The van der Waals surface area contributed by atoms with E-state index in [2.05, 4.69) is 17.3 Å². The normalized spacial score (nSPS) is 12.3. The van der Waals surface area contributed by atoms with Crippen LogP contribution in [0.5, 0.6) is 0 Å². The number of nitrogens with one attached hydrogen (secondary N) is 1. The van der Waals surface area contributed by atoms with Crippen molar-refractivity contribution >= 4 is 17.5 Å². The van der Waals surface area contributed by atoms with Gasteiger partial charge in [0.2, 0.25) is 5.91 Å². The molecule has 1 atom stereocenters. The highest BCUT2D eigenvalue weighted by Gasteiger charge is 2.22. The zero-order chi connectivity index (χ0) is 23.6. The molecular weight excluding hydrogens is 418 g/mol. The quantitative estimate of drug-likeness (QED) is 0.195. The van der Waals surface area contributed by atoms with Crippen LogP contribution in [0, 0.1) is 13.8 Å². The highest BCUT2D eigenvalue weighted by molar-refractivity contribution is 6.31. The molecule has 186 valence electrons. The van der Waals surface area contributed by atoms with E-state index in [9.17, 15) is 4.79 Å². The Morgan fingerprint density at radius 1 is 0.812 bits per heavy atom. The lowest BCUT2D eigenvalue weighted by molar-refractivity contribution is -0.124. The van der Waals surface area contributed by atoms with Gasteiger partial charge in [-0.1, -0.05) is 122 Å². The Balaban J connectivity index is 1.96.